The molecule has 0 saturated carbocycles. The van der Waals surface area contributed by atoms with Crippen LogP contribution in [0.3, 0.4) is 0 Å². The number of pyridine rings is 1. The lowest BCUT2D eigenvalue weighted by molar-refractivity contribution is -0.133. The Morgan fingerprint density at radius 2 is 2.00 bits per heavy atom. The van der Waals surface area contributed by atoms with Gasteiger partial charge in [-0.25, -0.2) is 17.2 Å². The van der Waals surface area contributed by atoms with Gasteiger partial charge in [-0.05, 0) is 30.5 Å². The minimum absolute atomic E-state index is 0.00704. The van der Waals surface area contributed by atoms with Crippen molar-refractivity contribution >= 4 is 15.7 Å². The van der Waals surface area contributed by atoms with Gasteiger partial charge in [0, 0.05) is 30.8 Å². The highest BCUT2D eigenvalue weighted by Gasteiger charge is 2.34. The van der Waals surface area contributed by atoms with E-state index < -0.39 is 27.5 Å². The molecule has 0 radical (unpaired) electrons. The van der Waals surface area contributed by atoms with E-state index in [9.17, 15) is 22.0 Å². The van der Waals surface area contributed by atoms with Crippen LogP contribution in [-0.4, -0.2) is 41.8 Å². The Morgan fingerprint density at radius 3 is 2.67 bits per heavy atom. The van der Waals surface area contributed by atoms with Crippen LogP contribution in [-0.2, 0) is 27.6 Å². The molecule has 0 N–H and O–H groups in total. The average Bonchev–Trinajstić information content (AvgIpc) is 2.98. The molecular formula is C19H20F2N2O3S. The fourth-order valence-corrected chi connectivity index (χ4v) is 4.97. The van der Waals surface area contributed by atoms with Gasteiger partial charge in [0.1, 0.15) is 11.6 Å². The number of sulfone groups is 1. The van der Waals surface area contributed by atoms with Crippen molar-refractivity contribution in [1.29, 1.82) is 0 Å². The second-order valence-corrected chi connectivity index (χ2v) is 8.91. The van der Waals surface area contributed by atoms with Crippen molar-refractivity contribution in [3.05, 3.63) is 65.5 Å². The SMILES string of the molecule is O=C(CCc1cncc(F)c1)N(Cc1ccccc1F)C1CCS(=O)(=O)C1. The molecule has 0 aliphatic carbocycles. The molecule has 1 aliphatic heterocycles. The van der Waals surface area contributed by atoms with Gasteiger partial charge in [0.2, 0.25) is 5.91 Å². The van der Waals surface area contributed by atoms with Gasteiger partial charge in [0.25, 0.3) is 0 Å². The number of rotatable bonds is 6. The van der Waals surface area contributed by atoms with Gasteiger partial charge in [0.05, 0.1) is 17.7 Å². The van der Waals surface area contributed by atoms with Crippen molar-refractivity contribution < 1.29 is 22.0 Å². The molecule has 2 aromatic rings. The van der Waals surface area contributed by atoms with Crippen molar-refractivity contribution in [2.75, 3.05) is 11.5 Å². The molecule has 3 rings (SSSR count). The number of hydrogen-bond acceptors (Lipinski definition) is 4. The number of amides is 1. The van der Waals surface area contributed by atoms with Crippen LogP contribution in [0.15, 0.2) is 42.7 Å². The summed E-state index contributed by atoms with van der Waals surface area (Å²) in [6, 6.07) is 6.94. The zero-order chi connectivity index (χ0) is 19.4. The van der Waals surface area contributed by atoms with Gasteiger partial charge in [-0.3, -0.25) is 9.78 Å². The smallest absolute Gasteiger partial charge is 0.223 e. The highest BCUT2D eigenvalue weighted by molar-refractivity contribution is 7.91. The third-order valence-electron chi connectivity index (χ3n) is 4.66. The summed E-state index contributed by atoms with van der Waals surface area (Å²) in [5, 5.41) is 0. The topological polar surface area (TPSA) is 67.3 Å². The molecule has 0 bridgehead atoms. The molecule has 1 amide bonds. The second kappa shape index (κ2) is 8.12. The number of benzene rings is 1. The largest absolute Gasteiger partial charge is 0.334 e. The summed E-state index contributed by atoms with van der Waals surface area (Å²) in [6.07, 6.45) is 3.24. The van der Waals surface area contributed by atoms with E-state index in [1.54, 1.807) is 18.2 Å². The summed E-state index contributed by atoms with van der Waals surface area (Å²) in [7, 11) is -3.20. The highest BCUT2D eigenvalue weighted by atomic mass is 32.2. The van der Waals surface area contributed by atoms with E-state index in [2.05, 4.69) is 4.98 Å². The lowest BCUT2D eigenvalue weighted by Gasteiger charge is -2.28. The lowest BCUT2D eigenvalue weighted by atomic mass is 10.1. The van der Waals surface area contributed by atoms with E-state index in [-0.39, 0.29) is 36.8 Å². The van der Waals surface area contributed by atoms with Gasteiger partial charge in [-0.15, -0.1) is 0 Å². The predicted molar refractivity (Wildman–Crippen MR) is 96.5 cm³/mol. The first-order chi connectivity index (χ1) is 12.8. The van der Waals surface area contributed by atoms with E-state index in [1.165, 1.54) is 23.2 Å². The van der Waals surface area contributed by atoms with Gasteiger partial charge < -0.3 is 4.90 Å². The van der Waals surface area contributed by atoms with Crippen LogP contribution in [0.2, 0.25) is 0 Å². The quantitative estimate of drug-likeness (QED) is 0.755. The Kier molecular flexibility index (Phi) is 5.84. The molecule has 8 heteroatoms. The Balaban J connectivity index is 1.76. The Hall–Kier alpha value is -2.35. The van der Waals surface area contributed by atoms with Gasteiger partial charge in [0.15, 0.2) is 9.84 Å². The first kappa shape index (κ1) is 19.4. The van der Waals surface area contributed by atoms with E-state index in [0.29, 0.717) is 17.5 Å². The summed E-state index contributed by atoms with van der Waals surface area (Å²) in [5.41, 5.74) is 0.913. The second-order valence-electron chi connectivity index (χ2n) is 6.68. The van der Waals surface area contributed by atoms with Gasteiger partial charge in [-0.2, -0.15) is 0 Å². The molecule has 1 aliphatic rings. The number of carbonyl (C=O) groups excluding carboxylic acids is 1. The van der Waals surface area contributed by atoms with Crippen LogP contribution in [0, 0.1) is 11.6 Å². The van der Waals surface area contributed by atoms with Crippen molar-refractivity contribution in [3.63, 3.8) is 0 Å². The van der Waals surface area contributed by atoms with E-state index in [1.807, 2.05) is 0 Å². The first-order valence-electron chi connectivity index (χ1n) is 8.67. The minimum Gasteiger partial charge on any atom is -0.334 e. The Morgan fingerprint density at radius 1 is 1.22 bits per heavy atom. The van der Waals surface area contributed by atoms with Crippen molar-refractivity contribution in [2.45, 2.75) is 31.8 Å². The number of nitrogens with zero attached hydrogens (tertiary/aromatic N) is 2. The molecule has 2 heterocycles. The molecule has 1 saturated heterocycles. The maximum atomic E-state index is 14.0. The van der Waals surface area contributed by atoms with E-state index in [0.717, 1.165) is 6.20 Å². The molecule has 1 aromatic carbocycles. The summed E-state index contributed by atoms with van der Waals surface area (Å²) < 4.78 is 51.0. The molecular weight excluding hydrogens is 374 g/mol. The zero-order valence-corrected chi connectivity index (χ0v) is 15.5. The maximum Gasteiger partial charge on any atom is 0.223 e. The van der Waals surface area contributed by atoms with Gasteiger partial charge >= 0.3 is 0 Å². The number of halogens is 2. The van der Waals surface area contributed by atoms with Crippen molar-refractivity contribution in [3.8, 4) is 0 Å². The van der Waals surface area contributed by atoms with Crippen LogP contribution in [0.1, 0.15) is 24.0 Å². The molecule has 1 atom stereocenters. The number of aryl methyl sites for hydroxylation is 1. The average molecular weight is 394 g/mol. The molecule has 0 spiro atoms. The molecule has 1 fully saturated rings. The van der Waals surface area contributed by atoms with Gasteiger partial charge in [-0.1, -0.05) is 18.2 Å². The van der Waals surface area contributed by atoms with E-state index in [4.69, 9.17) is 0 Å². The van der Waals surface area contributed by atoms with Crippen LogP contribution >= 0.6 is 0 Å². The number of aromatic nitrogens is 1. The third-order valence-corrected chi connectivity index (χ3v) is 6.41. The number of hydrogen-bond donors (Lipinski definition) is 0. The van der Waals surface area contributed by atoms with Crippen LogP contribution < -0.4 is 0 Å². The molecule has 5 nitrogen and oxygen atoms in total. The van der Waals surface area contributed by atoms with Crippen LogP contribution in [0.5, 0.6) is 0 Å². The molecule has 1 aromatic heterocycles. The van der Waals surface area contributed by atoms with Crippen molar-refractivity contribution in [1.82, 2.24) is 9.88 Å². The number of carbonyl (C=O) groups is 1. The normalized spacial score (nSPS) is 18.4. The first-order valence-corrected chi connectivity index (χ1v) is 10.5. The zero-order valence-electron chi connectivity index (χ0n) is 14.6. The lowest BCUT2D eigenvalue weighted by Crippen LogP contribution is -2.41. The highest BCUT2D eigenvalue weighted by Crippen LogP contribution is 2.22. The van der Waals surface area contributed by atoms with Crippen LogP contribution in [0.25, 0.3) is 0 Å². The fraction of sp³-hybridized carbons (Fsp3) is 0.368. The monoisotopic (exact) mass is 394 g/mol. The standard InChI is InChI=1S/C19H20F2N2O3S/c20-16-9-14(10-22-11-16)5-6-19(24)23(17-7-8-27(25,26)13-17)12-15-3-1-2-4-18(15)21/h1-4,9-11,17H,5-8,12-13H2. The third kappa shape index (κ3) is 5.09. The summed E-state index contributed by atoms with van der Waals surface area (Å²) in [6.45, 7) is 0.00704. The molecule has 27 heavy (non-hydrogen) atoms. The molecule has 1 unspecified atom stereocenters. The minimum atomic E-state index is -3.20. The summed E-state index contributed by atoms with van der Waals surface area (Å²) >= 11 is 0. The Bertz CT molecular complexity index is 934. The predicted octanol–water partition coefficient (Wildman–Crippen LogP) is 2.51. The maximum absolute atomic E-state index is 14.0. The van der Waals surface area contributed by atoms with Crippen molar-refractivity contribution in [2.24, 2.45) is 0 Å². The Labute approximate surface area is 156 Å². The van der Waals surface area contributed by atoms with E-state index >= 15 is 0 Å². The fourth-order valence-electron chi connectivity index (χ4n) is 3.24. The summed E-state index contributed by atoms with van der Waals surface area (Å²) in [4.78, 5) is 18.0. The van der Waals surface area contributed by atoms with Crippen LogP contribution in [0.4, 0.5) is 8.78 Å². The summed E-state index contributed by atoms with van der Waals surface area (Å²) in [5.74, 6) is -1.30. The molecule has 144 valence electrons.